The molecule has 0 aromatic rings. The van der Waals surface area contributed by atoms with Gasteiger partial charge in [-0.1, -0.05) is 126 Å². The third-order valence-corrected chi connectivity index (χ3v) is 12.3. The summed E-state index contributed by atoms with van der Waals surface area (Å²) in [4.78, 5) is 42.2. The summed E-state index contributed by atoms with van der Waals surface area (Å²) in [5.41, 5.74) is 0. The van der Waals surface area contributed by atoms with Crippen molar-refractivity contribution < 1.29 is 38.1 Å². The molecule has 0 aliphatic carbocycles. The quantitative estimate of drug-likeness (QED) is 0.0193. The number of hydrogen-bond acceptors (Lipinski definition) is 12. The summed E-state index contributed by atoms with van der Waals surface area (Å²) < 4.78 is 28.1. The van der Waals surface area contributed by atoms with E-state index in [1.165, 1.54) is 89.9 Å². The van der Waals surface area contributed by atoms with Gasteiger partial charge in [0.25, 0.3) is 0 Å². The minimum atomic E-state index is -0.411. The number of unbranched alkanes of at least 4 members (excludes halogenated alkanes) is 13. The Kier molecular flexibility index (Phi) is 37.6. The van der Waals surface area contributed by atoms with Crippen molar-refractivity contribution >= 4 is 39.5 Å². The van der Waals surface area contributed by atoms with E-state index in [0.717, 1.165) is 69.8 Å². The maximum absolute atomic E-state index is 12.6. The third kappa shape index (κ3) is 34.7. The molecule has 10 nitrogen and oxygen atoms in total. The molecule has 55 heavy (non-hydrogen) atoms. The second-order valence-corrected chi connectivity index (χ2v) is 17.6. The first-order chi connectivity index (χ1) is 27.0. The minimum absolute atomic E-state index is 0.0202. The van der Waals surface area contributed by atoms with Gasteiger partial charge in [-0.2, -0.15) is 0 Å². The smallest absolute Gasteiger partial charge is 0.307 e. The number of likely N-dealkylation sites (tertiary alicyclic amines) is 1. The van der Waals surface area contributed by atoms with Crippen LogP contribution in [0.15, 0.2) is 0 Å². The lowest BCUT2D eigenvalue weighted by molar-refractivity contribution is -0.161. The van der Waals surface area contributed by atoms with Crippen LogP contribution in [0.1, 0.15) is 168 Å². The minimum Gasteiger partial charge on any atom is -0.465 e. The molecule has 0 aromatic heterocycles. The molecule has 0 unspecified atom stereocenters. The molecular formula is C43H82N2O8S2. The highest BCUT2D eigenvalue weighted by Gasteiger charge is 2.16. The normalized spacial score (nSPS) is 13.3. The maximum atomic E-state index is 12.6. The molecule has 0 radical (unpaired) electrons. The van der Waals surface area contributed by atoms with Gasteiger partial charge in [0.05, 0.1) is 19.3 Å². The first-order valence-electron chi connectivity index (χ1n) is 22.4. The molecule has 0 saturated carbocycles. The number of ether oxygens (including phenoxy) is 5. The van der Waals surface area contributed by atoms with E-state index in [1.54, 1.807) is 10.8 Å². The molecule has 0 atom stereocenters. The highest BCUT2D eigenvalue weighted by molar-refractivity contribution is 8.76. The highest BCUT2D eigenvalue weighted by Crippen LogP contribution is 2.23. The Morgan fingerprint density at radius 3 is 1.56 bits per heavy atom. The van der Waals surface area contributed by atoms with Crippen molar-refractivity contribution in [2.24, 2.45) is 0 Å². The summed E-state index contributed by atoms with van der Waals surface area (Å²) in [5.74, 6) is 1.08. The van der Waals surface area contributed by atoms with Crippen LogP contribution in [0, 0.1) is 0 Å². The van der Waals surface area contributed by atoms with E-state index in [2.05, 4.69) is 30.6 Å². The largest absolute Gasteiger partial charge is 0.465 e. The number of carbonyl (C=O) groups is 3. The van der Waals surface area contributed by atoms with Crippen LogP contribution in [0.4, 0.5) is 0 Å². The van der Waals surface area contributed by atoms with E-state index in [-0.39, 0.29) is 44.0 Å². The fraction of sp³-hybridized carbons (Fsp3) is 0.930. The van der Waals surface area contributed by atoms with Crippen LogP contribution in [-0.4, -0.2) is 118 Å². The molecule has 0 spiro atoms. The molecule has 0 amide bonds. The molecule has 1 heterocycles. The van der Waals surface area contributed by atoms with Crippen LogP contribution in [0.3, 0.4) is 0 Å². The summed E-state index contributed by atoms with van der Waals surface area (Å²) in [5, 5.41) is 0. The van der Waals surface area contributed by atoms with Crippen LogP contribution < -0.4 is 0 Å². The van der Waals surface area contributed by atoms with Gasteiger partial charge in [0.15, 0.2) is 6.29 Å². The van der Waals surface area contributed by atoms with Gasteiger partial charge in [0.1, 0.15) is 19.8 Å². The fourth-order valence-electron chi connectivity index (χ4n) is 6.43. The summed E-state index contributed by atoms with van der Waals surface area (Å²) in [6, 6.07) is 0. The van der Waals surface area contributed by atoms with Gasteiger partial charge < -0.3 is 33.5 Å². The third-order valence-electron chi connectivity index (χ3n) is 9.80. The van der Waals surface area contributed by atoms with E-state index >= 15 is 0 Å². The van der Waals surface area contributed by atoms with Crippen LogP contribution in [0.5, 0.6) is 0 Å². The van der Waals surface area contributed by atoms with Crippen molar-refractivity contribution in [3.05, 3.63) is 0 Å². The summed E-state index contributed by atoms with van der Waals surface area (Å²) in [6.07, 6.45) is 23.9. The van der Waals surface area contributed by atoms with E-state index in [4.69, 9.17) is 23.7 Å². The lowest BCUT2D eigenvalue weighted by Gasteiger charge is -2.23. The molecule has 1 saturated heterocycles. The highest BCUT2D eigenvalue weighted by atomic mass is 33.1. The predicted octanol–water partition coefficient (Wildman–Crippen LogP) is 10.0. The maximum Gasteiger partial charge on any atom is 0.307 e. The Hall–Kier alpha value is -1.05. The van der Waals surface area contributed by atoms with Gasteiger partial charge in [0.2, 0.25) is 0 Å². The van der Waals surface area contributed by atoms with Gasteiger partial charge in [0, 0.05) is 44.2 Å². The zero-order valence-corrected chi connectivity index (χ0v) is 37.1. The molecule has 12 heteroatoms. The van der Waals surface area contributed by atoms with E-state index in [0.29, 0.717) is 45.8 Å². The van der Waals surface area contributed by atoms with Crippen LogP contribution in [-0.2, 0) is 38.1 Å². The summed E-state index contributed by atoms with van der Waals surface area (Å²) in [7, 11) is 3.66. The van der Waals surface area contributed by atoms with Crippen LogP contribution in [0.25, 0.3) is 0 Å². The van der Waals surface area contributed by atoms with E-state index in [9.17, 15) is 14.4 Å². The van der Waals surface area contributed by atoms with Crippen molar-refractivity contribution in [2.45, 2.75) is 175 Å². The SMILES string of the molecule is CCCCCCCCCCSSCCOC(=O)CCN(CCCN1CCCC1)CCC(=O)OCCOC(=O)CCC(OCCCCCC)OCCCCCC. The van der Waals surface area contributed by atoms with Crippen molar-refractivity contribution in [1.82, 2.24) is 9.80 Å². The summed E-state index contributed by atoms with van der Waals surface area (Å²) >= 11 is 0. The van der Waals surface area contributed by atoms with E-state index < -0.39 is 6.29 Å². The molecule has 1 rings (SSSR count). The lowest BCUT2D eigenvalue weighted by atomic mass is 10.1. The molecule has 1 aliphatic heterocycles. The van der Waals surface area contributed by atoms with Crippen molar-refractivity contribution in [3.63, 3.8) is 0 Å². The Morgan fingerprint density at radius 2 is 1.00 bits per heavy atom. The number of nitrogens with zero attached hydrogens (tertiary/aromatic N) is 2. The number of carbonyl (C=O) groups excluding carboxylic acids is 3. The fourth-order valence-corrected chi connectivity index (χ4v) is 8.40. The molecule has 1 fully saturated rings. The zero-order valence-electron chi connectivity index (χ0n) is 35.5. The van der Waals surface area contributed by atoms with Crippen LogP contribution >= 0.6 is 21.6 Å². The Morgan fingerprint density at radius 1 is 0.527 bits per heavy atom. The van der Waals surface area contributed by atoms with Gasteiger partial charge in [-0.15, -0.1) is 0 Å². The molecule has 1 aliphatic rings. The Bertz CT molecular complexity index is 883. The van der Waals surface area contributed by atoms with Crippen molar-refractivity contribution in [1.29, 1.82) is 0 Å². The predicted molar refractivity (Wildman–Crippen MR) is 230 cm³/mol. The molecule has 0 bridgehead atoms. The molecule has 0 aromatic carbocycles. The first-order valence-corrected chi connectivity index (χ1v) is 24.9. The number of esters is 3. The van der Waals surface area contributed by atoms with Gasteiger partial charge in [-0.25, -0.2) is 0 Å². The number of hydrogen-bond donors (Lipinski definition) is 0. The van der Waals surface area contributed by atoms with Gasteiger partial charge >= 0.3 is 17.9 Å². The Labute approximate surface area is 344 Å². The average Bonchev–Trinajstić information content (AvgIpc) is 3.71. The molecule has 324 valence electrons. The number of rotatable bonds is 41. The second-order valence-electron chi connectivity index (χ2n) is 14.9. The summed E-state index contributed by atoms with van der Waals surface area (Å²) in [6.45, 7) is 13.6. The molecule has 0 N–H and O–H groups in total. The van der Waals surface area contributed by atoms with Gasteiger partial charge in [-0.05, 0) is 64.7 Å². The Balaban J connectivity index is 2.28. The molecular weight excluding hydrogens is 737 g/mol. The zero-order chi connectivity index (χ0) is 39.9. The first kappa shape index (κ1) is 52.0. The topological polar surface area (TPSA) is 104 Å². The van der Waals surface area contributed by atoms with Gasteiger partial charge in [-0.3, -0.25) is 14.4 Å². The van der Waals surface area contributed by atoms with Crippen molar-refractivity contribution in [3.8, 4) is 0 Å². The van der Waals surface area contributed by atoms with Crippen molar-refractivity contribution in [2.75, 3.05) is 83.8 Å². The monoisotopic (exact) mass is 819 g/mol. The average molecular weight is 819 g/mol. The standard InChI is InChI=1S/C43H82N2O8S2/c1-4-7-10-13-14-15-16-21-38-54-55-39-37-51-42(48)26-32-45(30-22-29-44-27-17-18-28-44)31-25-41(47)50-36-35-49-40(46)23-24-43(52-33-19-11-8-5-2)53-34-20-12-9-6-3/h43H,4-39H2,1-3H3. The van der Waals surface area contributed by atoms with Crippen LogP contribution in [0.2, 0.25) is 0 Å². The lowest BCUT2D eigenvalue weighted by Crippen LogP contribution is -2.33. The van der Waals surface area contributed by atoms with E-state index in [1.807, 2.05) is 10.8 Å². The second kappa shape index (κ2) is 39.8.